The molecule has 0 bridgehead atoms. The van der Waals surface area contributed by atoms with E-state index in [2.05, 4.69) is 33.7 Å². The molecule has 2 saturated carbocycles. The molecular formula is C16H19N5. The van der Waals surface area contributed by atoms with E-state index in [0.717, 1.165) is 12.1 Å². The minimum Gasteiger partial charge on any atom is -0.370 e. The van der Waals surface area contributed by atoms with Crippen LogP contribution in [0.3, 0.4) is 0 Å². The van der Waals surface area contributed by atoms with Gasteiger partial charge in [-0.3, -0.25) is 0 Å². The number of hydrogen-bond acceptors (Lipinski definition) is 2. The van der Waals surface area contributed by atoms with E-state index in [9.17, 15) is 0 Å². The highest BCUT2D eigenvalue weighted by Crippen LogP contribution is 2.43. The first-order chi connectivity index (χ1) is 10.3. The Hall–Kier alpha value is -2.30. The highest BCUT2D eigenvalue weighted by Gasteiger charge is 2.39. The number of nitrogens with one attached hydrogen (secondary N) is 1. The van der Waals surface area contributed by atoms with Crippen molar-refractivity contribution in [3.8, 4) is 5.69 Å². The Morgan fingerprint density at radius 2 is 2.10 bits per heavy atom. The van der Waals surface area contributed by atoms with E-state index in [0.29, 0.717) is 24.0 Å². The molecule has 5 heteroatoms. The van der Waals surface area contributed by atoms with Gasteiger partial charge in [0.2, 0.25) is 0 Å². The van der Waals surface area contributed by atoms with Crippen LogP contribution in [0.4, 0.5) is 0 Å². The lowest BCUT2D eigenvalue weighted by atomic mass is 10.2. The van der Waals surface area contributed by atoms with Crippen LogP contribution >= 0.6 is 0 Å². The maximum atomic E-state index is 5.91. The normalized spacial score (nSPS) is 24.9. The van der Waals surface area contributed by atoms with Gasteiger partial charge in [-0.05, 0) is 37.0 Å². The molecule has 2 aliphatic rings. The molecule has 21 heavy (non-hydrogen) atoms. The first-order valence-electron chi connectivity index (χ1n) is 7.49. The molecule has 3 N–H and O–H groups in total. The van der Waals surface area contributed by atoms with Crippen LogP contribution in [-0.4, -0.2) is 27.8 Å². The molecule has 0 radical (unpaired) electrons. The second kappa shape index (κ2) is 4.91. The first-order valence-corrected chi connectivity index (χ1v) is 7.49. The van der Waals surface area contributed by atoms with Crippen molar-refractivity contribution in [1.82, 2.24) is 15.1 Å². The lowest BCUT2D eigenvalue weighted by molar-refractivity contribution is 0.869. The molecule has 2 aromatic rings. The molecule has 0 amide bonds. The summed E-state index contributed by atoms with van der Waals surface area (Å²) in [4.78, 5) is 4.55. The largest absolute Gasteiger partial charge is 0.370 e. The molecule has 2 atom stereocenters. The second-order valence-electron chi connectivity index (χ2n) is 5.90. The fourth-order valence-corrected chi connectivity index (χ4v) is 2.59. The number of nitrogens with two attached hydrogens (primary N) is 1. The molecule has 0 aliphatic heterocycles. The molecular weight excluding hydrogens is 262 g/mol. The Kier molecular flexibility index (Phi) is 2.91. The van der Waals surface area contributed by atoms with E-state index >= 15 is 0 Å². The predicted molar refractivity (Wildman–Crippen MR) is 82.5 cm³/mol. The Bertz CT molecular complexity index is 656. The van der Waals surface area contributed by atoms with Crippen LogP contribution in [0.25, 0.3) is 5.69 Å². The van der Waals surface area contributed by atoms with Crippen molar-refractivity contribution in [2.75, 3.05) is 0 Å². The zero-order chi connectivity index (χ0) is 14.2. The molecule has 108 valence electrons. The van der Waals surface area contributed by atoms with Gasteiger partial charge in [-0.25, -0.2) is 9.67 Å². The van der Waals surface area contributed by atoms with Crippen LogP contribution in [0.1, 0.15) is 30.7 Å². The fraction of sp³-hybridized carbons (Fsp3) is 0.375. The smallest absolute Gasteiger partial charge is 0.189 e. The summed E-state index contributed by atoms with van der Waals surface area (Å²) in [6, 6.07) is 11.0. The van der Waals surface area contributed by atoms with Crippen molar-refractivity contribution >= 4 is 5.96 Å². The van der Waals surface area contributed by atoms with E-state index in [4.69, 9.17) is 5.73 Å². The summed E-state index contributed by atoms with van der Waals surface area (Å²) in [6.07, 6.45) is 7.54. The van der Waals surface area contributed by atoms with E-state index in [-0.39, 0.29) is 0 Å². The van der Waals surface area contributed by atoms with Gasteiger partial charge in [-0.2, -0.15) is 5.10 Å². The van der Waals surface area contributed by atoms with Gasteiger partial charge >= 0.3 is 0 Å². The van der Waals surface area contributed by atoms with Gasteiger partial charge in [-0.15, -0.1) is 0 Å². The number of guanidine groups is 1. The Balaban J connectivity index is 1.43. The zero-order valence-electron chi connectivity index (χ0n) is 11.8. The summed E-state index contributed by atoms with van der Waals surface area (Å²) < 4.78 is 1.92. The highest BCUT2D eigenvalue weighted by atomic mass is 15.3. The average molecular weight is 281 g/mol. The highest BCUT2D eigenvalue weighted by molar-refractivity contribution is 5.79. The minimum atomic E-state index is 0.310. The third-order valence-electron chi connectivity index (χ3n) is 4.04. The third kappa shape index (κ3) is 2.77. The molecule has 1 heterocycles. The maximum Gasteiger partial charge on any atom is 0.189 e. The number of aromatic nitrogens is 2. The van der Waals surface area contributed by atoms with Crippen molar-refractivity contribution in [1.29, 1.82) is 0 Å². The quantitative estimate of drug-likeness (QED) is 0.663. The predicted octanol–water partition coefficient (Wildman–Crippen LogP) is 1.79. The van der Waals surface area contributed by atoms with Gasteiger partial charge < -0.3 is 11.1 Å². The topological polar surface area (TPSA) is 68.2 Å². The fourth-order valence-electron chi connectivity index (χ4n) is 2.59. The number of rotatable bonds is 4. The Morgan fingerprint density at radius 3 is 2.86 bits per heavy atom. The monoisotopic (exact) mass is 281 g/mol. The van der Waals surface area contributed by atoms with Gasteiger partial charge in [0.05, 0.1) is 17.9 Å². The van der Waals surface area contributed by atoms with Crippen molar-refractivity contribution in [2.24, 2.45) is 10.7 Å². The van der Waals surface area contributed by atoms with Crippen LogP contribution in [-0.2, 0) is 0 Å². The van der Waals surface area contributed by atoms with Gasteiger partial charge in [0, 0.05) is 18.2 Å². The van der Waals surface area contributed by atoms with Crippen molar-refractivity contribution in [3.05, 3.63) is 48.3 Å². The number of nitrogens with zero attached hydrogens (tertiary/aromatic N) is 3. The summed E-state index contributed by atoms with van der Waals surface area (Å²) in [5, 5.41) is 7.68. The van der Waals surface area contributed by atoms with Crippen LogP contribution in [0.5, 0.6) is 0 Å². The molecule has 5 nitrogen and oxygen atoms in total. The lowest BCUT2D eigenvalue weighted by Crippen LogP contribution is -2.33. The molecule has 2 fully saturated rings. The maximum absolute atomic E-state index is 5.91. The summed E-state index contributed by atoms with van der Waals surface area (Å²) in [5.74, 6) is 1.06. The molecule has 0 saturated heterocycles. The van der Waals surface area contributed by atoms with Crippen LogP contribution < -0.4 is 11.1 Å². The van der Waals surface area contributed by atoms with E-state index in [1.54, 1.807) is 0 Å². The molecule has 0 unspecified atom stereocenters. The number of hydrogen-bond donors (Lipinski definition) is 2. The van der Waals surface area contributed by atoms with Gasteiger partial charge in [0.15, 0.2) is 5.96 Å². The SMILES string of the molecule is NC(=N[C@@H]1C[C@H]1c1cnn(-c2ccccc2)c1)NC1CC1. The minimum absolute atomic E-state index is 0.310. The van der Waals surface area contributed by atoms with Gasteiger partial charge in [0.25, 0.3) is 0 Å². The number of benzene rings is 1. The van der Waals surface area contributed by atoms with Crippen LogP contribution in [0.2, 0.25) is 0 Å². The van der Waals surface area contributed by atoms with Gasteiger partial charge in [-0.1, -0.05) is 18.2 Å². The third-order valence-corrected chi connectivity index (χ3v) is 4.04. The van der Waals surface area contributed by atoms with Crippen molar-refractivity contribution in [2.45, 2.75) is 37.3 Å². The van der Waals surface area contributed by atoms with E-state index in [1.165, 1.54) is 18.4 Å². The first kappa shape index (κ1) is 12.4. The van der Waals surface area contributed by atoms with Crippen LogP contribution in [0, 0.1) is 0 Å². The van der Waals surface area contributed by atoms with Crippen molar-refractivity contribution < 1.29 is 0 Å². The standard InChI is InChI=1S/C16H19N5/c17-16(19-12-6-7-12)20-15-8-14(15)11-9-18-21(10-11)13-4-2-1-3-5-13/h1-5,9-10,12,14-15H,6-8H2,(H3,17,19,20)/t14-,15+/m0/s1. The molecule has 2 aliphatic carbocycles. The van der Waals surface area contributed by atoms with Crippen molar-refractivity contribution in [3.63, 3.8) is 0 Å². The lowest BCUT2D eigenvalue weighted by Gasteiger charge is -2.02. The number of aliphatic imine (C=N–C) groups is 1. The Labute approximate surface area is 123 Å². The Morgan fingerprint density at radius 1 is 1.29 bits per heavy atom. The second-order valence-corrected chi connectivity index (χ2v) is 5.90. The molecule has 1 aromatic carbocycles. The van der Waals surface area contributed by atoms with Crippen LogP contribution in [0.15, 0.2) is 47.7 Å². The van der Waals surface area contributed by atoms with E-state index in [1.807, 2.05) is 29.1 Å². The summed E-state index contributed by atoms with van der Waals surface area (Å²) >= 11 is 0. The molecule has 4 rings (SSSR count). The summed E-state index contributed by atoms with van der Waals surface area (Å²) in [5.41, 5.74) is 8.24. The molecule has 0 spiro atoms. The number of para-hydroxylation sites is 1. The summed E-state index contributed by atoms with van der Waals surface area (Å²) in [6.45, 7) is 0. The van der Waals surface area contributed by atoms with Gasteiger partial charge in [0.1, 0.15) is 0 Å². The zero-order valence-corrected chi connectivity index (χ0v) is 11.8. The molecule has 1 aromatic heterocycles. The summed E-state index contributed by atoms with van der Waals surface area (Å²) in [7, 11) is 0. The average Bonchev–Trinajstić information content (AvgIpc) is 3.41. The van der Waals surface area contributed by atoms with E-state index < -0.39 is 0 Å².